The van der Waals surface area contributed by atoms with Crippen molar-refractivity contribution >= 4 is 17.6 Å². The summed E-state index contributed by atoms with van der Waals surface area (Å²) in [5.74, 6) is -0.741. The highest BCUT2D eigenvalue weighted by Crippen LogP contribution is 2.16. The molecule has 20 heavy (non-hydrogen) atoms. The largest absolute Gasteiger partial charge is 0.481 e. The number of hydrogen-bond donors (Lipinski definition) is 1. The average Bonchev–Trinajstić information content (AvgIpc) is 2.45. The summed E-state index contributed by atoms with van der Waals surface area (Å²) in [5, 5.41) is 9.44. The van der Waals surface area contributed by atoms with E-state index < -0.39 is 5.97 Å². The zero-order valence-electron chi connectivity index (χ0n) is 11.4. The van der Waals surface area contributed by atoms with Crippen molar-refractivity contribution in [2.75, 3.05) is 19.6 Å². The number of piperidine rings is 1. The van der Waals surface area contributed by atoms with Gasteiger partial charge in [-0.05, 0) is 37.1 Å². The summed E-state index contributed by atoms with van der Waals surface area (Å²) in [5.41, 5.74) is 1.11. The van der Waals surface area contributed by atoms with Crippen LogP contribution in [0.3, 0.4) is 0 Å². The molecule has 0 radical (unpaired) electrons. The normalized spacial score (nSPS) is 19.9. The van der Waals surface area contributed by atoms with Crippen LogP contribution in [0.1, 0.15) is 24.8 Å². The first-order chi connectivity index (χ1) is 9.63. The molecule has 0 aromatic heterocycles. The molecular formula is C15H20ClNO3. The van der Waals surface area contributed by atoms with E-state index in [9.17, 15) is 4.79 Å². The van der Waals surface area contributed by atoms with Gasteiger partial charge in [-0.1, -0.05) is 23.7 Å². The number of likely N-dealkylation sites (tertiary alicyclic amines) is 1. The van der Waals surface area contributed by atoms with Gasteiger partial charge in [-0.25, -0.2) is 0 Å². The number of halogens is 1. The first-order valence-corrected chi connectivity index (χ1v) is 7.31. The molecule has 1 aromatic carbocycles. The van der Waals surface area contributed by atoms with Gasteiger partial charge in [0, 0.05) is 18.1 Å². The van der Waals surface area contributed by atoms with Crippen LogP contribution in [-0.4, -0.2) is 41.7 Å². The zero-order chi connectivity index (χ0) is 14.4. The summed E-state index contributed by atoms with van der Waals surface area (Å²) in [6.45, 7) is 2.97. The Morgan fingerprint density at radius 1 is 1.40 bits per heavy atom. The minimum atomic E-state index is -0.741. The number of carboxylic acid groups (broad SMARTS) is 1. The van der Waals surface area contributed by atoms with E-state index in [2.05, 4.69) is 4.90 Å². The number of rotatable bonds is 6. The number of hydrogen-bond acceptors (Lipinski definition) is 3. The van der Waals surface area contributed by atoms with Gasteiger partial charge in [-0.3, -0.25) is 4.79 Å². The predicted octanol–water partition coefficient (Wildman–Crippen LogP) is 2.80. The Balaban J connectivity index is 1.75. The van der Waals surface area contributed by atoms with Crippen LogP contribution in [-0.2, 0) is 16.1 Å². The van der Waals surface area contributed by atoms with E-state index in [4.69, 9.17) is 21.4 Å². The van der Waals surface area contributed by atoms with Crippen LogP contribution in [0.5, 0.6) is 0 Å². The molecule has 1 saturated heterocycles. The third-order valence-electron chi connectivity index (χ3n) is 3.50. The van der Waals surface area contributed by atoms with Crippen LogP contribution in [0.25, 0.3) is 0 Å². The van der Waals surface area contributed by atoms with E-state index in [0.29, 0.717) is 13.2 Å². The molecule has 0 spiro atoms. The molecule has 110 valence electrons. The highest BCUT2D eigenvalue weighted by Gasteiger charge is 2.20. The molecule has 1 N–H and O–H groups in total. The SMILES string of the molecule is O=C(O)CCN1CCCC(OCc2ccc(Cl)cc2)C1. The maximum atomic E-state index is 10.6. The molecule has 0 saturated carbocycles. The molecule has 1 aromatic rings. The molecule has 1 aliphatic heterocycles. The summed E-state index contributed by atoms with van der Waals surface area (Å²) >= 11 is 5.84. The molecule has 1 heterocycles. The fourth-order valence-corrected chi connectivity index (χ4v) is 2.53. The third-order valence-corrected chi connectivity index (χ3v) is 3.76. The van der Waals surface area contributed by atoms with Crippen molar-refractivity contribution in [3.63, 3.8) is 0 Å². The Kier molecular flexibility index (Phi) is 5.83. The number of benzene rings is 1. The van der Waals surface area contributed by atoms with Gasteiger partial charge in [0.05, 0.1) is 19.1 Å². The fraction of sp³-hybridized carbons (Fsp3) is 0.533. The minimum absolute atomic E-state index is 0.188. The van der Waals surface area contributed by atoms with Crippen LogP contribution in [0.15, 0.2) is 24.3 Å². The lowest BCUT2D eigenvalue weighted by Gasteiger charge is -2.32. The van der Waals surface area contributed by atoms with Crippen molar-refractivity contribution in [3.8, 4) is 0 Å². The molecule has 0 amide bonds. The number of nitrogens with zero attached hydrogens (tertiary/aromatic N) is 1. The molecule has 1 fully saturated rings. The highest BCUT2D eigenvalue weighted by molar-refractivity contribution is 6.30. The van der Waals surface area contributed by atoms with Gasteiger partial charge in [-0.2, -0.15) is 0 Å². The van der Waals surface area contributed by atoms with Crippen LogP contribution in [0.2, 0.25) is 5.02 Å². The molecule has 0 bridgehead atoms. The molecule has 4 nitrogen and oxygen atoms in total. The van der Waals surface area contributed by atoms with Gasteiger partial charge in [0.15, 0.2) is 0 Å². The number of aliphatic carboxylic acids is 1. The maximum Gasteiger partial charge on any atom is 0.304 e. The second-order valence-electron chi connectivity index (χ2n) is 5.15. The Morgan fingerprint density at radius 2 is 2.15 bits per heavy atom. The van der Waals surface area contributed by atoms with Crippen LogP contribution >= 0.6 is 11.6 Å². The van der Waals surface area contributed by atoms with E-state index in [1.807, 2.05) is 24.3 Å². The Labute approximate surface area is 124 Å². The molecule has 1 atom stereocenters. The van der Waals surface area contributed by atoms with Gasteiger partial charge in [-0.15, -0.1) is 0 Å². The molecule has 1 unspecified atom stereocenters. The maximum absolute atomic E-state index is 10.6. The van der Waals surface area contributed by atoms with Gasteiger partial charge in [0.25, 0.3) is 0 Å². The first kappa shape index (κ1) is 15.3. The second kappa shape index (κ2) is 7.62. The Morgan fingerprint density at radius 3 is 2.85 bits per heavy atom. The summed E-state index contributed by atoms with van der Waals surface area (Å²) in [7, 11) is 0. The summed E-state index contributed by atoms with van der Waals surface area (Å²) < 4.78 is 5.91. The fourth-order valence-electron chi connectivity index (χ4n) is 2.40. The van der Waals surface area contributed by atoms with Gasteiger partial charge >= 0.3 is 5.97 Å². The highest BCUT2D eigenvalue weighted by atomic mass is 35.5. The molecule has 2 rings (SSSR count). The van der Waals surface area contributed by atoms with Crippen molar-refractivity contribution < 1.29 is 14.6 Å². The smallest absolute Gasteiger partial charge is 0.304 e. The van der Waals surface area contributed by atoms with Gasteiger partial charge in [0.1, 0.15) is 0 Å². The van der Waals surface area contributed by atoms with Crippen molar-refractivity contribution in [2.45, 2.75) is 32.0 Å². The summed E-state index contributed by atoms with van der Waals surface area (Å²) in [4.78, 5) is 12.8. The van der Waals surface area contributed by atoms with Gasteiger partial charge in [0.2, 0.25) is 0 Å². The number of carbonyl (C=O) groups is 1. The van der Waals surface area contributed by atoms with Crippen molar-refractivity contribution in [2.24, 2.45) is 0 Å². The molecule has 0 aliphatic carbocycles. The topological polar surface area (TPSA) is 49.8 Å². The standard InChI is InChI=1S/C15H20ClNO3/c16-13-5-3-12(4-6-13)11-20-14-2-1-8-17(10-14)9-7-15(18)19/h3-6,14H,1-2,7-11H2,(H,18,19). The second-order valence-corrected chi connectivity index (χ2v) is 5.58. The summed E-state index contributed by atoms with van der Waals surface area (Å²) in [6.07, 6.45) is 2.49. The van der Waals surface area contributed by atoms with Crippen LogP contribution < -0.4 is 0 Å². The monoisotopic (exact) mass is 297 g/mol. The van der Waals surface area contributed by atoms with Crippen molar-refractivity contribution in [1.82, 2.24) is 4.90 Å². The average molecular weight is 298 g/mol. The van der Waals surface area contributed by atoms with E-state index in [-0.39, 0.29) is 12.5 Å². The zero-order valence-corrected chi connectivity index (χ0v) is 12.2. The van der Waals surface area contributed by atoms with Crippen LogP contribution in [0, 0.1) is 0 Å². The number of carboxylic acids is 1. The lowest BCUT2D eigenvalue weighted by Crippen LogP contribution is -2.40. The lowest BCUT2D eigenvalue weighted by atomic mass is 10.1. The lowest BCUT2D eigenvalue weighted by molar-refractivity contribution is -0.137. The summed E-state index contributed by atoms with van der Waals surface area (Å²) in [6, 6.07) is 7.65. The number of ether oxygens (including phenoxy) is 1. The van der Waals surface area contributed by atoms with E-state index >= 15 is 0 Å². The third kappa shape index (κ3) is 5.12. The van der Waals surface area contributed by atoms with Crippen molar-refractivity contribution in [3.05, 3.63) is 34.9 Å². The molecular weight excluding hydrogens is 278 g/mol. The minimum Gasteiger partial charge on any atom is -0.481 e. The van der Waals surface area contributed by atoms with E-state index in [0.717, 1.165) is 36.5 Å². The van der Waals surface area contributed by atoms with E-state index in [1.165, 1.54) is 0 Å². The quantitative estimate of drug-likeness (QED) is 0.877. The van der Waals surface area contributed by atoms with Crippen molar-refractivity contribution in [1.29, 1.82) is 0 Å². The Hall–Kier alpha value is -1.10. The molecule has 1 aliphatic rings. The van der Waals surface area contributed by atoms with Crippen LogP contribution in [0.4, 0.5) is 0 Å². The predicted molar refractivity (Wildman–Crippen MR) is 78.0 cm³/mol. The van der Waals surface area contributed by atoms with E-state index in [1.54, 1.807) is 0 Å². The molecule has 5 heteroatoms. The first-order valence-electron chi connectivity index (χ1n) is 6.93. The van der Waals surface area contributed by atoms with Gasteiger partial charge < -0.3 is 14.7 Å². The Bertz CT molecular complexity index is 435.